The van der Waals surface area contributed by atoms with Gasteiger partial charge < -0.3 is 30.1 Å². The number of likely N-dealkylation sites (tertiary alicyclic amines) is 1. The quantitative estimate of drug-likeness (QED) is 0.248. The third kappa shape index (κ3) is 8.36. The van der Waals surface area contributed by atoms with Crippen molar-refractivity contribution in [1.82, 2.24) is 30.4 Å². The second kappa shape index (κ2) is 15.7. The normalized spacial score (nSPS) is 26.5. The van der Waals surface area contributed by atoms with E-state index in [1.165, 1.54) is 61.5 Å². The van der Waals surface area contributed by atoms with Crippen LogP contribution < -0.4 is 20.7 Å². The molecule has 49 heavy (non-hydrogen) atoms. The number of aliphatic hydroxyl groups excluding tert-OH is 1. The van der Waals surface area contributed by atoms with Gasteiger partial charge in [0.25, 0.3) is 5.91 Å². The number of hydrogen-bond donors (Lipinski definition) is 4. The number of nitrogens with one attached hydrogen (secondary N) is 3. The Morgan fingerprint density at radius 2 is 1.92 bits per heavy atom. The fraction of sp³-hybridized carbons (Fsp3) is 0.676. The van der Waals surface area contributed by atoms with E-state index in [0.717, 1.165) is 64.2 Å². The van der Waals surface area contributed by atoms with Gasteiger partial charge >= 0.3 is 0 Å². The maximum atomic E-state index is 12.9. The SMILES string of the molecule is Cc1c(OCC2CNC(C3CCCCCC3)O2)ccc2c1CCN(C[C@@H](O)CNC(=O)c1cc(NC3CC(C(=O)N4CCC4)C3)ncn1)C2. The van der Waals surface area contributed by atoms with E-state index < -0.39 is 6.10 Å². The molecule has 5 aliphatic rings. The van der Waals surface area contributed by atoms with E-state index in [0.29, 0.717) is 24.9 Å². The molecule has 2 saturated carbocycles. The van der Waals surface area contributed by atoms with Crippen molar-refractivity contribution in [3.05, 3.63) is 46.9 Å². The molecule has 3 aliphatic heterocycles. The number of carbonyl (C=O) groups is 2. The topological polar surface area (TPSA) is 141 Å². The molecule has 1 aromatic heterocycles. The summed E-state index contributed by atoms with van der Waals surface area (Å²) >= 11 is 0. The van der Waals surface area contributed by atoms with Crippen LogP contribution in [0, 0.1) is 18.8 Å². The van der Waals surface area contributed by atoms with Gasteiger partial charge in [0.15, 0.2) is 0 Å². The van der Waals surface area contributed by atoms with Gasteiger partial charge in [0, 0.05) is 63.8 Å². The lowest BCUT2D eigenvalue weighted by Gasteiger charge is -2.41. The molecule has 7 rings (SSSR count). The molecule has 2 unspecified atom stereocenters. The van der Waals surface area contributed by atoms with Crippen LogP contribution in [0.2, 0.25) is 0 Å². The number of fused-ring (bicyclic) bond motifs is 1. The highest BCUT2D eigenvalue weighted by atomic mass is 16.6. The number of aliphatic hydroxyl groups is 1. The van der Waals surface area contributed by atoms with Crippen molar-refractivity contribution in [2.45, 2.75) is 102 Å². The van der Waals surface area contributed by atoms with Crippen molar-refractivity contribution >= 4 is 17.6 Å². The summed E-state index contributed by atoms with van der Waals surface area (Å²) in [5.74, 6) is 2.10. The molecule has 12 heteroatoms. The average Bonchev–Trinajstić information content (AvgIpc) is 3.36. The molecule has 2 amide bonds. The van der Waals surface area contributed by atoms with Crippen LogP contribution in [0.5, 0.6) is 5.75 Å². The first-order valence-electron chi connectivity index (χ1n) is 18.6. The number of aromatic nitrogens is 2. The van der Waals surface area contributed by atoms with Gasteiger partial charge in [-0.3, -0.25) is 19.8 Å². The highest BCUT2D eigenvalue weighted by Gasteiger charge is 2.38. The van der Waals surface area contributed by atoms with Crippen molar-refractivity contribution in [3.8, 4) is 5.75 Å². The van der Waals surface area contributed by atoms with E-state index in [2.05, 4.69) is 49.9 Å². The van der Waals surface area contributed by atoms with Crippen molar-refractivity contribution in [2.24, 2.45) is 11.8 Å². The average molecular weight is 676 g/mol. The van der Waals surface area contributed by atoms with Gasteiger partial charge in [-0.15, -0.1) is 0 Å². The van der Waals surface area contributed by atoms with Gasteiger partial charge in [-0.25, -0.2) is 9.97 Å². The Labute approximate surface area is 289 Å². The first kappa shape index (κ1) is 34.1. The van der Waals surface area contributed by atoms with Gasteiger partial charge in [0.05, 0.1) is 6.10 Å². The van der Waals surface area contributed by atoms with E-state index >= 15 is 0 Å². The first-order valence-corrected chi connectivity index (χ1v) is 18.6. The van der Waals surface area contributed by atoms with Crippen LogP contribution >= 0.6 is 0 Å². The van der Waals surface area contributed by atoms with Crippen molar-refractivity contribution < 1.29 is 24.2 Å². The summed E-state index contributed by atoms with van der Waals surface area (Å²) in [6.45, 7) is 7.45. The van der Waals surface area contributed by atoms with Crippen LogP contribution in [0.1, 0.15) is 85.0 Å². The molecule has 4 N–H and O–H groups in total. The number of hydrogen-bond acceptors (Lipinski definition) is 10. The molecule has 2 aromatic rings. The molecule has 12 nitrogen and oxygen atoms in total. The summed E-state index contributed by atoms with van der Waals surface area (Å²) in [5, 5.41) is 20.6. The lowest BCUT2D eigenvalue weighted by atomic mass is 9.79. The summed E-state index contributed by atoms with van der Waals surface area (Å²) < 4.78 is 12.7. The Bertz CT molecular complexity index is 1460. The van der Waals surface area contributed by atoms with Crippen LogP contribution in [-0.4, -0.2) is 107 Å². The predicted molar refractivity (Wildman–Crippen MR) is 185 cm³/mol. The number of rotatable bonds is 12. The van der Waals surface area contributed by atoms with Gasteiger partial charge in [-0.2, -0.15) is 0 Å². The van der Waals surface area contributed by atoms with Crippen LogP contribution in [0.3, 0.4) is 0 Å². The predicted octanol–water partition coefficient (Wildman–Crippen LogP) is 3.02. The molecule has 4 fully saturated rings. The molecule has 0 spiro atoms. The van der Waals surface area contributed by atoms with Crippen LogP contribution in [0.4, 0.5) is 5.82 Å². The number of benzene rings is 1. The second-order valence-corrected chi connectivity index (χ2v) is 14.8. The third-order valence-corrected chi connectivity index (χ3v) is 11.2. The third-order valence-electron chi connectivity index (χ3n) is 11.2. The van der Waals surface area contributed by atoms with Crippen molar-refractivity contribution in [1.29, 1.82) is 0 Å². The number of amides is 2. The fourth-order valence-electron chi connectivity index (χ4n) is 8.08. The monoisotopic (exact) mass is 675 g/mol. The maximum Gasteiger partial charge on any atom is 0.270 e. The van der Waals surface area contributed by atoms with Crippen LogP contribution in [0.15, 0.2) is 24.5 Å². The standard InChI is InChI=1S/C37H53N7O5/c1-24-31-11-14-43(20-26(31)9-10-33(24)48-22-30-19-39-36(49-30)25-7-4-2-3-5-8-25)21-29(45)18-38-35(46)32-17-34(41-23-40-32)42-28-15-27(16-28)37(47)44-12-6-13-44/h9-10,17,23,25,27-30,36,39,45H,2-8,11-16,18-22H2,1H3,(H,38,46)(H,40,41,42)/t27?,28?,29-,30?,36?/m0/s1. The Kier molecular flexibility index (Phi) is 10.9. The van der Waals surface area contributed by atoms with Gasteiger partial charge in [-0.1, -0.05) is 31.7 Å². The first-order chi connectivity index (χ1) is 23.9. The molecular formula is C37H53N7O5. The van der Waals surface area contributed by atoms with Crippen molar-refractivity contribution in [3.63, 3.8) is 0 Å². The minimum absolute atomic E-state index is 0.0716. The number of β-amino-alcohol motifs (C(OH)–C–C–N with tert-alkyl or cyclic N) is 1. The fourth-order valence-corrected chi connectivity index (χ4v) is 8.08. The van der Waals surface area contributed by atoms with Gasteiger partial charge in [0.1, 0.15) is 42.5 Å². The second-order valence-electron chi connectivity index (χ2n) is 14.8. The summed E-state index contributed by atoms with van der Waals surface area (Å²) in [6.07, 6.45) is 12.2. The Hall–Kier alpha value is -3.32. The summed E-state index contributed by atoms with van der Waals surface area (Å²) in [5.41, 5.74) is 4.01. The Balaban J connectivity index is 0.826. The van der Waals surface area contributed by atoms with Gasteiger partial charge in [-0.05, 0) is 74.1 Å². The van der Waals surface area contributed by atoms with Crippen LogP contribution in [0.25, 0.3) is 0 Å². The smallest absolute Gasteiger partial charge is 0.270 e. The molecule has 1 aromatic carbocycles. The highest BCUT2D eigenvalue weighted by Crippen LogP contribution is 2.33. The molecule has 4 heterocycles. The molecular weight excluding hydrogens is 622 g/mol. The van der Waals surface area contributed by atoms with E-state index in [-0.39, 0.29) is 48.3 Å². The molecule has 0 bridgehead atoms. The zero-order chi connectivity index (χ0) is 33.7. The lowest BCUT2D eigenvalue weighted by Crippen LogP contribution is -2.50. The van der Waals surface area contributed by atoms with E-state index in [4.69, 9.17) is 9.47 Å². The van der Waals surface area contributed by atoms with E-state index in [9.17, 15) is 14.7 Å². The molecule has 2 saturated heterocycles. The largest absolute Gasteiger partial charge is 0.491 e. The minimum atomic E-state index is -0.716. The number of ether oxygens (including phenoxy) is 2. The summed E-state index contributed by atoms with van der Waals surface area (Å²) in [6, 6.07) is 6.00. The van der Waals surface area contributed by atoms with Crippen molar-refractivity contribution in [2.75, 3.05) is 51.2 Å². The van der Waals surface area contributed by atoms with E-state index in [1.54, 1.807) is 6.07 Å². The van der Waals surface area contributed by atoms with Crippen LogP contribution in [-0.2, 0) is 22.5 Å². The number of nitrogens with zero attached hydrogens (tertiary/aromatic N) is 4. The Morgan fingerprint density at radius 1 is 1.10 bits per heavy atom. The lowest BCUT2D eigenvalue weighted by molar-refractivity contribution is -0.142. The van der Waals surface area contributed by atoms with E-state index in [1.807, 2.05) is 4.90 Å². The highest BCUT2D eigenvalue weighted by molar-refractivity contribution is 5.92. The molecule has 2 aliphatic carbocycles. The Morgan fingerprint density at radius 3 is 2.69 bits per heavy atom. The zero-order valence-electron chi connectivity index (χ0n) is 28.9. The molecule has 0 radical (unpaired) electrons. The summed E-state index contributed by atoms with van der Waals surface area (Å²) in [7, 11) is 0. The summed E-state index contributed by atoms with van der Waals surface area (Å²) in [4.78, 5) is 37.8. The van der Waals surface area contributed by atoms with Gasteiger partial charge in [0.2, 0.25) is 5.91 Å². The molecule has 3 atom stereocenters. The number of anilines is 1. The molecule has 266 valence electrons. The number of carbonyl (C=O) groups excluding carboxylic acids is 2. The minimum Gasteiger partial charge on any atom is -0.491 e. The zero-order valence-corrected chi connectivity index (χ0v) is 28.9. The maximum absolute atomic E-state index is 12.9.